The Labute approximate surface area is 137 Å². The van der Waals surface area contributed by atoms with Gasteiger partial charge in [0.2, 0.25) is 0 Å². The fraction of sp³-hybridized carbons (Fsp3) is 0.250. The number of halogens is 2. The standard InChI is InChI=1S/C16H14BrClN2O/c17-12-5-6-14(18)13(9-12)16(21)20-8-2-4-15(20)11-3-1-7-19-10-11/h1,3,5-7,9-10,15H,2,4,8H2. The molecular weight excluding hydrogens is 352 g/mol. The molecule has 3 rings (SSSR count). The predicted molar refractivity (Wildman–Crippen MR) is 86.4 cm³/mol. The van der Waals surface area contributed by atoms with Gasteiger partial charge in [0, 0.05) is 23.4 Å². The van der Waals surface area contributed by atoms with E-state index in [-0.39, 0.29) is 11.9 Å². The van der Waals surface area contributed by atoms with Crippen LogP contribution in [0.1, 0.15) is 34.8 Å². The van der Waals surface area contributed by atoms with E-state index in [2.05, 4.69) is 20.9 Å². The molecule has 0 N–H and O–H groups in total. The van der Waals surface area contributed by atoms with Gasteiger partial charge in [-0.15, -0.1) is 0 Å². The average Bonchev–Trinajstić information content (AvgIpc) is 2.99. The maximum atomic E-state index is 12.8. The van der Waals surface area contributed by atoms with Crippen LogP contribution in [0.15, 0.2) is 47.2 Å². The maximum Gasteiger partial charge on any atom is 0.255 e. The van der Waals surface area contributed by atoms with E-state index in [0.29, 0.717) is 10.6 Å². The highest BCUT2D eigenvalue weighted by Crippen LogP contribution is 2.34. The van der Waals surface area contributed by atoms with Crippen LogP contribution in [0.4, 0.5) is 0 Å². The lowest BCUT2D eigenvalue weighted by Crippen LogP contribution is -2.30. The second kappa shape index (κ2) is 6.16. The van der Waals surface area contributed by atoms with Crippen LogP contribution in [0.2, 0.25) is 5.02 Å². The fourth-order valence-corrected chi connectivity index (χ4v) is 3.30. The van der Waals surface area contributed by atoms with Crippen molar-refractivity contribution in [3.63, 3.8) is 0 Å². The third-order valence-corrected chi connectivity index (χ3v) is 4.56. The molecule has 3 nitrogen and oxygen atoms in total. The number of carbonyl (C=O) groups is 1. The highest BCUT2D eigenvalue weighted by atomic mass is 79.9. The Hall–Kier alpha value is -1.39. The van der Waals surface area contributed by atoms with Gasteiger partial charge in [-0.2, -0.15) is 0 Å². The molecule has 0 spiro atoms. The molecule has 1 atom stereocenters. The zero-order valence-electron chi connectivity index (χ0n) is 11.3. The van der Waals surface area contributed by atoms with E-state index in [1.165, 1.54) is 0 Å². The fourth-order valence-electron chi connectivity index (χ4n) is 2.75. The van der Waals surface area contributed by atoms with E-state index in [9.17, 15) is 4.79 Å². The lowest BCUT2D eigenvalue weighted by atomic mass is 10.1. The van der Waals surface area contributed by atoms with Crippen LogP contribution in [0, 0.1) is 0 Å². The van der Waals surface area contributed by atoms with Gasteiger partial charge >= 0.3 is 0 Å². The van der Waals surface area contributed by atoms with Gasteiger partial charge in [-0.1, -0.05) is 33.6 Å². The summed E-state index contributed by atoms with van der Waals surface area (Å²) in [5, 5.41) is 0.486. The molecule has 1 aliphatic heterocycles. The van der Waals surface area contributed by atoms with Crippen molar-refractivity contribution in [2.45, 2.75) is 18.9 Å². The van der Waals surface area contributed by atoms with Crippen molar-refractivity contribution in [3.8, 4) is 0 Å². The Kier molecular flexibility index (Phi) is 4.27. The molecule has 0 bridgehead atoms. The third kappa shape index (κ3) is 2.97. The van der Waals surface area contributed by atoms with Gasteiger partial charge in [-0.25, -0.2) is 0 Å². The van der Waals surface area contributed by atoms with Crippen molar-refractivity contribution in [2.24, 2.45) is 0 Å². The highest BCUT2D eigenvalue weighted by molar-refractivity contribution is 9.10. The van der Waals surface area contributed by atoms with Gasteiger partial charge in [0.05, 0.1) is 16.6 Å². The van der Waals surface area contributed by atoms with Gasteiger partial charge in [-0.3, -0.25) is 9.78 Å². The zero-order valence-corrected chi connectivity index (χ0v) is 13.6. The topological polar surface area (TPSA) is 33.2 Å². The zero-order chi connectivity index (χ0) is 14.8. The number of aromatic nitrogens is 1. The summed E-state index contributed by atoms with van der Waals surface area (Å²) in [6, 6.07) is 9.37. The van der Waals surface area contributed by atoms with Crippen molar-refractivity contribution in [3.05, 3.63) is 63.3 Å². The van der Waals surface area contributed by atoms with Crippen molar-refractivity contribution in [2.75, 3.05) is 6.54 Å². The van der Waals surface area contributed by atoms with E-state index in [0.717, 1.165) is 29.4 Å². The van der Waals surface area contributed by atoms with Crippen LogP contribution in [0.5, 0.6) is 0 Å². The molecule has 5 heteroatoms. The first kappa shape index (κ1) is 14.5. The lowest BCUT2D eigenvalue weighted by Gasteiger charge is -2.25. The Morgan fingerprint density at radius 3 is 3.00 bits per heavy atom. The van der Waals surface area contributed by atoms with Crippen molar-refractivity contribution < 1.29 is 4.79 Å². The van der Waals surface area contributed by atoms with Gasteiger partial charge in [0.25, 0.3) is 5.91 Å². The van der Waals surface area contributed by atoms with E-state index >= 15 is 0 Å². The predicted octanol–water partition coefficient (Wildman–Crippen LogP) is 4.47. The number of nitrogens with zero attached hydrogens (tertiary/aromatic N) is 2. The van der Waals surface area contributed by atoms with Crippen LogP contribution in [0.25, 0.3) is 0 Å². The largest absolute Gasteiger partial charge is 0.332 e. The Morgan fingerprint density at radius 2 is 2.24 bits per heavy atom. The quantitative estimate of drug-likeness (QED) is 0.786. The van der Waals surface area contributed by atoms with E-state index in [1.54, 1.807) is 18.3 Å². The minimum atomic E-state index is -0.0207. The summed E-state index contributed by atoms with van der Waals surface area (Å²) in [5.74, 6) is -0.0207. The number of likely N-dealkylation sites (tertiary alicyclic amines) is 1. The molecule has 108 valence electrons. The van der Waals surface area contributed by atoms with Crippen molar-refractivity contribution >= 4 is 33.4 Å². The van der Waals surface area contributed by atoms with Crippen LogP contribution in [0.3, 0.4) is 0 Å². The molecule has 0 radical (unpaired) electrons. The van der Waals surface area contributed by atoms with Crippen LogP contribution < -0.4 is 0 Å². The minimum Gasteiger partial charge on any atom is -0.332 e. The van der Waals surface area contributed by atoms with E-state index < -0.39 is 0 Å². The molecule has 1 saturated heterocycles. The smallest absolute Gasteiger partial charge is 0.255 e. The summed E-state index contributed by atoms with van der Waals surface area (Å²) in [4.78, 5) is 18.9. The Bertz CT molecular complexity index is 663. The van der Waals surface area contributed by atoms with Crippen molar-refractivity contribution in [1.29, 1.82) is 0 Å². The summed E-state index contributed by atoms with van der Waals surface area (Å²) < 4.78 is 0.854. The summed E-state index contributed by atoms with van der Waals surface area (Å²) in [6.07, 6.45) is 5.54. The van der Waals surface area contributed by atoms with Gasteiger partial charge in [0.15, 0.2) is 0 Å². The summed E-state index contributed by atoms with van der Waals surface area (Å²) in [5.41, 5.74) is 1.62. The van der Waals surface area contributed by atoms with E-state index in [4.69, 9.17) is 11.6 Å². The number of amides is 1. The number of hydrogen-bond acceptors (Lipinski definition) is 2. The van der Waals surface area contributed by atoms with Crippen molar-refractivity contribution in [1.82, 2.24) is 9.88 Å². The summed E-state index contributed by atoms with van der Waals surface area (Å²) in [7, 11) is 0. The highest BCUT2D eigenvalue weighted by Gasteiger charge is 2.31. The monoisotopic (exact) mass is 364 g/mol. The first-order valence-corrected chi connectivity index (χ1v) is 8.00. The number of hydrogen-bond donors (Lipinski definition) is 0. The Balaban J connectivity index is 1.92. The SMILES string of the molecule is O=C(c1cc(Br)ccc1Cl)N1CCCC1c1cccnc1. The average molecular weight is 366 g/mol. The first-order chi connectivity index (χ1) is 10.2. The normalized spacial score (nSPS) is 18.0. The number of pyridine rings is 1. The molecule has 1 aromatic carbocycles. The van der Waals surface area contributed by atoms with Gasteiger partial charge in [-0.05, 0) is 42.7 Å². The lowest BCUT2D eigenvalue weighted by molar-refractivity contribution is 0.0735. The molecule has 1 aliphatic rings. The van der Waals surface area contributed by atoms with Crippen LogP contribution >= 0.6 is 27.5 Å². The van der Waals surface area contributed by atoms with Crippen LogP contribution in [-0.2, 0) is 0 Å². The van der Waals surface area contributed by atoms with Gasteiger partial charge in [0.1, 0.15) is 0 Å². The summed E-state index contributed by atoms with van der Waals surface area (Å²) >= 11 is 9.58. The molecule has 1 aromatic heterocycles. The second-order valence-electron chi connectivity index (χ2n) is 5.07. The molecular formula is C16H14BrClN2O. The molecule has 2 heterocycles. The number of carbonyl (C=O) groups excluding carboxylic acids is 1. The molecule has 2 aromatic rings. The minimum absolute atomic E-state index is 0.0207. The first-order valence-electron chi connectivity index (χ1n) is 6.83. The van der Waals surface area contributed by atoms with Gasteiger partial charge < -0.3 is 4.90 Å². The molecule has 21 heavy (non-hydrogen) atoms. The molecule has 0 aliphatic carbocycles. The third-order valence-electron chi connectivity index (χ3n) is 3.74. The second-order valence-corrected chi connectivity index (χ2v) is 6.39. The van der Waals surface area contributed by atoms with Crippen LogP contribution in [-0.4, -0.2) is 22.3 Å². The molecule has 1 fully saturated rings. The molecule has 1 amide bonds. The van der Waals surface area contributed by atoms with E-state index in [1.807, 2.05) is 29.3 Å². The number of rotatable bonds is 2. The molecule has 0 saturated carbocycles. The summed E-state index contributed by atoms with van der Waals surface area (Å²) in [6.45, 7) is 0.751. The number of benzene rings is 1. The molecule has 1 unspecified atom stereocenters. The Morgan fingerprint density at radius 1 is 1.38 bits per heavy atom. The maximum absolute atomic E-state index is 12.8.